The molecule has 1 aliphatic rings. The molecule has 0 bridgehead atoms. The second kappa shape index (κ2) is 3.53. The highest BCUT2D eigenvalue weighted by Crippen LogP contribution is 2.00. The summed E-state index contributed by atoms with van der Waals surface area (Å²) >= 11 is 0. The van der Waals surface area contributed by atoms with Crippen LogP contribution >= 0.6 is 0 Å². The molecule has 0 aromatic rings. The number of rotatable bonds is 3. The third-order valence-corrected chi connectivity index (χ3v) is 1.84. The molecular weight excluding hydrogens is 160 g/mol. The van der Waals surface area contributed by atoms with Gasteiger partial charge in [0.25, 0.3) is 0 Å². The Morgan fingerprint density at radius 1 is 1.75 bits per heavy atom. The zero-order chi connectivity index (χ0) is 9.14. The van der Waals surface area contributed by atoms with Crippen molar-refractivity contribution in [3.8, 4) is 0 Å². The van der Waals surface area contributed by atoms with Gasteiger partial charge < -0.3 is 10.2 Å². The van der Waals surface area contributed by atoms with E-state index in [-0.39, 0.29) is 0 Å². The van der Waals surface area contributed by atoms with Gasteiger partial charge in [-0.05, 0) is 6.92 Å². The molecule has 2 unspecified atom stereocenters. The van der Waals surface area contributed by atoms with Gasteiger partial charge in [0.15, 0.2) is 0 Å². The van der Waals surface area contributed by atoms with Crippen molar-refractivity contribution in [1.29, 1.82) is 0 Å². The second-order valence-electron chi connectivity index (χ2n) is 2.84. The van der Waals surface area contributed by atoms with E-state index >= 15 is 0 Å². The topological polar surface area (TPSA) is 72.6 Å². The zero-order valence-electron chi connectivity index (χ0n) is 6.90. The van der Waals surface area contributed by atoms with Crippen LogP contribution in [0.25, 0.3) is 0 Å². The first kappa shape index (κ1) is 8.99. The number of aliphatic hydroxyl groups excluding tert-OH is 1. The van der Waals surface area contributed by atoms with Crippen molar-refractivity contribution < 1.29 is 19.6 Å². The molecule has 0 saturated heterocycles. The molecule has 0 saturated carbocycles. The highest BCUT2D eigenvalue weighted by molar-refractivity contribution is 5.73. The minimum Gasteiger partial charge on any atom is -0.478 e. The Kier molecular flexibility index (Phi) is 2.65. The number of carboxylic acid groups (broad SMARTS) is 1. The summed E-state index contributed by atoms with van der Waals surface area (Å²) in [5, 5.41) is 20.8. The molecule has 68 valence electrons. The fraction of sp³-hybridized carbons (Fsp3) is 0.714. The molecule has 3 N–H and O–H groups in total. The van der Waals surface area contributed by atoms with E-state index in [0.717, 1.165) is 6.54 Å². The third-order valence-electron chi connectivity index (χ3n) is 1.84. The molecule has 0 amide bonds. The third kappa shape index (κ3) is 1.73. The number of aliphatic hydroxyl groups is 1. The van der Waals surface area contributed by atoms with Gasteiger partial charge >= 0.3 is 5.97 Å². The van der Waals surface area contributed by atoms with E-state index in [1.165, 1.54) is 6.92 Å². The predicted molar refractivity (Wildman–Crippen MR) is 42.3 cm³/mol. The van der Waals surface area contributed by atoms with Gasteiger partial charge in [0.05, 0.1) is 0 Å². The number of aliphatic carboxylic acids is 1. The van der Waals surface area contributed by atoms with Crippen molar-refractivity contribution in [3.63, 3.8) is 0 Å². The van der Waals surface area contributed by atoms with Crippen molar-refractivity contribution in [2.75, 3.05) is 13.1 Å². The first-order valence-corrected chi connectivity index (χ1v) is 3.86. The van der Waals surface area contributed by atoms with Crippen molar-refractivity contribution in [2.24, 2.45) is 0 Å². The maximum atomic E-state index is 10.7. The largest absolute Gasteiger partial charge is 0.478 e. The standard InChI is InChI=1S/C7H12N2O3/c1-5(10)6(7(11)12)9-3-2-8-4-9/h4-6,10H,2-3H2,1H3,(H,11,12)/p+1. The molecule has 0 aromatic carbocycles. The van der Waals surface area contributed by atoms with Gasteiger partial charge in [-0.1, -0.05) is 0 Å². The smallest absolute Gasteiger partial charge is 0.351 e. The highest BCUT2D eigenvalue weighted by Gasteiger charge is 2.31. The number of carboxylic acids is 1. The van der Waals surface area contributed by atoms with Gasteiger partial charge in [0.2, 0.25) is 12.4 Å². The highest BCUT2D eigenvalue weighted by atomic mass is 16.4. The molecule has 1 aliphatic heterocycles. The Morgan fingerprint density at radius 3 is 2.75 bits per heavy atom. The molecule has 5 nitrogen and oxygen atoms in total. The number of nitrogens with one attached hydrogen (secondary N) is 1. The Bertz CT molecular complexity index is 213. The molecule has 0 radical (unpaired) electrons. The lowest BCUT2D eigenvalue weighted by Crippen LogP contribution is -2.42. The lowest BCUT2D eigenvalue weighted by atomic mass is 10.2. The molecule has 0 fully saturated rings. The fourth-order valence-corrected chi connectivity index (χ4v) is 1.28. The summed E-state index contributed by atoms with van der Waals surface area (Å²) in [6, 6.07) is -0.833. The van der Waals surface area contributed by atoms with Crippen molar-refractivity contribution in [3.05, 3.63) is 0 Å². The minimum atomic E-state index is -0.995. The Morgan fingerprint density at radius 2 is 2.42 bits per heavy atom. The van der Waals surface area contributed by atoms with E-state index in [1.54, 1.807) is 10.9 Å². The van der Waals surface area contributed by atoms with Crippen LogP contribution in [0.4, 0.5) is 0 Å². The van der Waals surface area contributed by atoms with Crippen LogP contribution in [0, 0.1) is 0 Å². The van der Waals surface area contributed by atoms with Crippen molar-refractivity contribution >= 4 is 12.3 Å². The number of hydrogen-bond donors (Lipinski definition) is 3. The van der Waals surface area contributed by atoms with Crippen LogP contribution in [0.1, 0.15) is 6.92 Å². The molecule has 5 heteroatoms. The molecular formula is C7H13N2O3+. The van der Waals surface area contributed by atoms with E-state index in [0.29, 0.717) is 6.54 Å². The van der Waals surface area contributed by atoms with Gasteiger partial charge in [-0.3, -0.25) is 5.32 Å². The molecule has 1 heterocycles. The number of nitrogens with zero attached hydrogens (tertiary/aromatic N) is 1. The summed E-state index contributed by atoms with van der Waals surface area (Å²) in [4.78, 5) is 10.7. The van der Waals surface area contributed by atoms with E-state index in [2.05, 4.69) is 5.32 Å². The summed E-state index contributed by atoms with van der Waals surface area (Å²) in [6.07, 6.45) is 0.740. The summed E-state index contributed by atoms with van der Waals surface area (Å²) in [6.45, 7) is 2.84. The number of carbonyl (C=O) groups is 1. The quantitative estimate of drug-likeness (QED) is 0.452. The van der Waals surface area contributed by atoms with Gasteiger partial charge in [0, 0.05) is 0 Å². The lowest BCUT2D eigenvalue weighted by Gasteiger charge is -2.13. The van der Waals surface area contributed by atoms with Gasteiger partial charge in [-0.2, -0.15) is 0 Å². The van der Waals surface area contributed by atoms with Gasteiger partial charge in [-0.25, -0.2) is 9.37 Å². The SMILES string of the molecule is CC(O)C(C(=O)O)[N+]1=CNCC1. The lowest BCUT2D eigenvalue weighted by molar-refractivity contribution is -0.550. The van der Waals surface area contributed by atoms with Crippen LogP contribution in [0.3, 0.4) is 0 Å². The fourth-order valence-electron chi connectivity index (χ4n) is 1.28. The van der Waals surface area contributed by atoms with Crippen molar-refractivity contribution in [1.82, 2.24) is 5.32 Å². The normalized spacial score (nSPS) is 21.0. The van der Waals surface area contributed by atoms with Crippen molar-refractivity contribution in [2.45, 2.75) is 19.1 Å². The zero-order valence-corrected chi connectivity index (χ0v) is 6.90. The Labute approximate surface area is 70.3 Å². The van der Waals surface area contributed by atoms with Crippen LogP contribution in [-0.2, 0) is 4.79 Å². The molecule has 2 atom stereocenters. The average molecular weight is 173 g/mol. The summed E-state index contributed by atoms with van der Waals surface area (Å²) in [5.74, 6) is -0.995. The summed E-state index contributed by atoms with van der Waals surface area (Å²) in [7, 11) is 0. The van der Waals surface area contributed by atoms with E-state index < -0.39 is 18.1 Å². The summed E-state index contributed by atoms with van der Waals surface area (Å²) < 4.78 is 1.59. The van der Waals surface area contributed by atoms with Gasteiger partial charge in [-0.15, -0.1) is 0 Å². The van der Waals surface area contributed by atoms with Crippen LogP contribution < -0.4 is 5.32 Å². The second-order valence-corrected chi connectivity index (χ2v) is 2.84. The monoisotopic (exact) mass is 173 g/mol. The molecule has 0 spiro atoms. The van der Waals surface area contributed by atoms with Crippen LogP contribution in [0.2, 0.25) is 0 Å². The van der Waals surface area contributed by atoms with Gasteiger partial charge in [0.1, 0.15) is 19.2 Å². The average Bonchev–Trinajstić information content (AvgIpc) is 2.37. The Balaban J connectivity index is 2.71. The molecule has 1 rings (SSSR count). The first-order chi connectivity index (χ1) is 5.63. The predicted octanol–water partition coefficient (Wildman–Crippen LogP) is -1.54. The molecule has 0 aliphatic carbocycles. The first-order valence-electron chi connectivity index (χ1n) is 3.86. The maximum absolute atomic E-state index is 10.7. The Hall–Kier alpha value is -1.10. The van der Waals surface area contributed by atoms with Crippen LogP contribution in [0.15, 0.2) is 0 Å². The number of hydrogen-bond acceptors (Lipinski definition) is 3. The van der Waals surface area contributed by atoms with E-state index in [4.69, 9.17) is 5.11 Å². The van der Waals surface area contributed by atoms with Crippen LogP contribution in [0.5, 0.6) is 0 Å². The molecule has 0 aromatic heterocycles. The molecule has 12 heavy (non-hydrogen) atoms. The van der Waals surface area contributed by atoms with E-state index in [9.17, 15) is 9.90 Å². The summed E-state index contributed by atoms with van der Waals surface area (Å²) in [5.41, 5.74) is 0. The van der Waals surface area contributed by atoms with Crippen LogP contribution in [-0.4, -0.2) is 52.3 Å². The maximum Gasteiger partial charge on any atom is 0.351 e. The minimum absolute atomic E-state index is 0.627. The van der Waals surface area contributed by atoms with E-state index in [1.807, 2.05) is 0 Å².